The van der Waals surface area contributed by atoms with Gasteiger partial charge in [0.25, 0.3) is 5.91 Å². The van der Waals surface area contributed by atoms with Crippen molar-refractivity contribution in [3.05, 3.63) is 48.2 Å². The zero-order chi connectivity index (χ0) is 18.9. The van der Waals surface area contributed by atoms with E-state index in [2.05, 4.69) is 25.3 Å². The summed E-state index contributed by atoms with van der Waals surface area (Å²) in [5.41, 5.74) is 2.85. The summed E-state index contributed by atoms with van der Waals surface area (Å²) >= 11 is 0. The molecular formula is C17H17N5O3S. The predicted molar refractivity (Wildman–Crippen MR) is 96.3 cm³/mol. The van der Waals surface area contributed by atoms with Gasteiger partial charge in [0, 0.05) is 43.2 Å². The number of nitrogens with zero attached hydrogens (tertiary/aromatic N) is 3. The third-order valence-corrected chi connectivity index (χ3v) is 4.88. The molecule has 0 atom stereocenters. The Kier molecular flexibility index (Phi) is 4.56. The Bertz CT molecular complexity index is 1090. The molecule has 0 fully saturated rings. The molecule has 2 N–H and O–H groups in total. The van der Waals surface area contributed by atoms with E-state index in [0.717, 1.165) is 11.8 Å². The highest BCUT2D eigenvalue weighted by Crippen LogP contribution is 2.25. The Balaban J connectivity index is 2.04. The average molecular weight is 371 g/mol. The number of aromatic nitrogens is 4. The highest BCUT2D eigenvalue weighted by atomic mass is 32.2. The number of carbonyl (C=O) groups excluding carboxylic acids is 1. The molecule has 3 heterocycles. The standard InChI is InChI=1S/C17H17N5O3S/c1-10-15(17(23)18-2)22-16(21-10)14-7-11(4-5-20-14)12-6-13(9-19-8-12)26(3,24)25/h4-9H,1-3H3,(H,18,23)(H,21,22). The van der Waals surface area contributed by atoms with Crippen LogP contribution in [-0.4, -0.2) is 47.6 Å². The van der Waals surface area contributed by atoms with Gasteiger partial charge in [-0.25, -0.2) is 13.4 Å². The van der Waals surface area contributed by atoms with Crippen LogP contribution in [-0.2, 0) is 9.84 Å². The van der Waals surface area contributed by atoms with E-state index in [4.69, 9.17) is 0 Å². The molecule has 134 valence electrons. The minimum absolute atomic E-state index is 0.143. The highest BCUT2D eigenvalue weighted by molar-refractivity contribution is 7.90. The molecule has 3 rings (SSSR count). The normalized spacial score (nSPS) is 11.3. The second kappa shape index (κ2) is 6.68. The van der Waals surface area contributed by atoms with Crippen LogP contribution in [0.2, 0.25) is 0 Å². The lowest BCUT2D eigenvalue weighted by atomic mass is 10.1. The summed E-state index contributed by atoms with van der Waals surface area (Å²) in [5.74, 6) is 0.168. The summed E-state index contributed by atoms with van der Waals surface area (Å²) in [4.78, 5) is 27.6. The molecule has 1 amide bonds. The van der Waals surface area contributed by atoms with E-state index in [9.17, 15) is 13.2 Å². The van der Waals surface area contributed by atoms with Crippen LogP contribution in [0.4, 0.5) is 0 Å². The molecule has 0 spiro atoms. The Labute approximate surface area is 150 Å². The van der Waals surface area contributed by atoms with Crippen molar-refractivity contribution in [3.8, 4) is 22.6 Å². The number of hydrogen-bond donors (Lipinski definition) is 2. The first-order valence-corrected chi connectivity index (χ1v) is 9.59. The number of amides is 1. The lowest BCUT2D eigenvalue weighted by Gasteiger charge is -2.05. The smallest absolute Gasteiger partial charge is 0.271 e. The van der Waals surface area contributed by atoms with Crippen molar-refractivity contribution in [1.29, 1.82) is 0 Å². The van der Waals surface area contributed by atoms with Crippen molar-refractivity contribution in [3.63, 3.8) is 0 Å². The monoisotopic (exact) mass is 371 g/mol. The third-order valence-electron chi connectivity index (χ3n) is 3.80. The van der Waals surface area contributed by atoms with Gasteiger partial charge in [-0.15, -0.1) is 0 Å². The molecular weight excluding hydrogens is 354 g/mol. The molecule has 0 aliphatic heterocycles. The van der Waals surface area contributed by atoms with Crippen molar-refractivity contribution in [1.82, 2.24) is 25.3 Å². The third kappa shape index (κ3) is 3.47. The maximum atomic E-state index is 11.8. The lowest BCUT2D eigenvalue weighted by Crippen LogP contribution is -2.19. The molecule has 0 aliphatic carbocycles. The van der Waals surface area contributed by atoms with Crippen LogP contribution in [0.5, 0.6) is 0 Å². The van der Waals surface area contributed by atoms with Crippen LogP contribution in [0.25, 0.3) is 22.6 Å². The number of carbonyl (C=O) groups is 1. The van der Waals surface area contributed by atoms with Crippen molar-refractivity contribution in [2.75, 3.05) is 13.3 Å². The highest BCUT2D eigenvalue weighted by Gasteiger charge is 2.16. The molecule has 0 radical (unpaired) electrons. The fourth-order valence-electron chi connectivity index (χ4n) is 2.44. The summed E-state index contributed by atoms with van der Waals surface area (Å²) in [7, 11) is -1.81. The van der Waals surface area contributed by atoms with Crippen molar-refractivity contribution >= 4 is 15.7 Å². The first-order chi connectivity index (χ1) is 12.3. The molecule has 26 heavy (non-hydrogen) atoms. The van der Waals surface area contributed by atoms with Gasteiger partial charge in [0.15, 0.2) is 15.7 Å². The largest absolute Gasteiger partial charge is 0.354 e. The van der Waals surface area contributed by atoms with Gasteiger partial charge in [0.1, 0.15) is 11.4 Å². The average Bonchev–Trinajstić information content (AvgIpc) is 3.02. The molecule has 0 unspecified atom stereocenters. The van der Waals surface area contributed by atoms with Crippen molar-refractivity contribution in [2.24, 2.45) is 0 Å². The quantitative estimate of drug-likeness (QED) is 0.719. The van der Waals surface area contributed by atoms with E-state index in [0.29, 0.717) is 28.5 Å². The number of aryl methyl sites for hydroxylation is 1. The van der Waals surface area contributed by atoms with Crippen LogP contribution in [0.1, 0.15) is 16.2 Å². The van der Waals surface area contributed by atoms with E-state index < -0.39 is 9.84 Å². The van der Waals surface area contributed by atoms with Gasteiger partial charge in [-0.05, 0) is 30.7 Å². The van der Waals surface area contributed by atoms with Crippen LogP contribution >= 0.6 is 0 Å². The Morgan fingerprint density at radius 1 is 1.19 bits per heavy atom. The van der Waals surface area contributed by atoms with Gasteiger partial charge in [0.2, 0.25) is 0 Å². The maximum Gasteiger partial charge on any atom is 0.271 e. The molecule has 0 saturated heterocycles. The van der Waals surface area contributed by atoms with Gasteiger partial charge in [-0.2, -0.15) is 0 Å². The number of H-pyrrole nitrogens is 1. The summed E-state index contributed by atoms with van der Waals surface area (Å²) in [6.07, 6.45) is 5.62. The van der Waals surface area contributed by atoms with Crippen LogP contribution < -0.4 is 5.32 Å². The van der Waals surface area contributed by atoms with Gasteiger partial charge < -0.3 is 10.3 Å². The van der Waals surface area contributed by atoms with Crippen molar-refractivity contribution < 1.29 is 13.2 Å². The number of nitrogens with one attached hydrogen (secondary N) is 2. The Morgan fingerprint density at radius 2 is 1.96 bits per heavy atom. The number of imidazole rings is 1. The summed E-state index contributed by atoms with van der Waals surface area (Å²) in [6.45, 7) is 1.75. The number of pyridine rings is 2. The van der Waals surface area contributed by atoms with Crippen LogP contribution in [0.3, 0.4) is 0 Å². The van der Waals surface area contributed by atoms with E-state index in [1.165, 1.54) is 13.2 Å². The number of sulfone groups is 1. The van der Waals surface area contributed by atoms with Gasteiger partial charge in [0.05, 0.1) is 4.90 Å². The van der Waals surface area contributed by atoms with Crippen LogP contribution in [0, 0.1) is 6.92 Å². The Hall–Kier alpha value is -3.07. The zero-order valence-corrected chi connectivity index (χ0v) is 15.3. The molecule has 0 saturated carbocycles. The van der Waals surface area contributed by atoms with E-state index in [-0.39, 0.29) is 10.8 Å². The summed E-state index contributed by atoms with van der Waals surface area (Å²) in [5, 5.41) is 2.54. The number of rotatable bonds is 4. The molecule has 8 nitrogen and oxygen atoms in total. The minimum atomic E-state index is -3.35. The molecule has 9 heteroatoms. The van der Waals surface area contributed by atoms with Gasteiger partial charge in [-0.1, -0.05) is 0 Å². The van der Waals surface area contributed by atoms with E-state index in [1.807, 2.05) is 0 Å². The Morgan fingerprint density at radius 3 is 2.65 bits per heavy atom. The molecule has 3 aromatic rings. The van der Waals surface area contributed by atoms with E-state index in [1.54, 1.807) is 37.5 Å². The first-order valence-electron chi connectivity index (χ1n) is 7.70. The molecule has 0 bridgehead atoms. The maximum absolute atomic E-state index is 11.8. The topological polar surface area (TPSA) is 118 Å². The fourth-order valence-corrected chi connectivity index (χ4v) is 3.03. The molecule has 0 aliphatic rings. The number of hydrogen-bond acceptors (Lipinski definition) is 6. The number of aromatic amines is 1. The minimum Gasteiger partial charge on any atom is -0.354 e. The first kappa shape index (κ1) is 17.7. The SMILES string of the molecule is CNC(=O)c1nc(-c2cc(-c3cncc(S(C)(=O)=O)c3)ccn2)[nH]c1C. The summed E-state index contributed by atoms with van der Waals surface area (Å²) < 4.78 is 23.5. The fraction of sp³-hybridized carbons (Fsp3) is 0.176. The molecule has 3 aromatic heterocycles. The second-order valence-corrected chi connectivity index (χ2v) is 7.77. The van der Waals surface area contributed by atoms with Crippen molar-refractivity contribution in [2.45, 2.75) is 11.8 Å². The zero-order valence-electron chi connectivity index (χ0n) is 14.4. The van der Waals surface area contributed by atoms with Gasteiger partial charge in [-0.3, -0.25) is 14.8 Å². The molecule has 0 aromatic carbocycles. The van der Waals surface area contributed by atoms with E-state index >= 15 is 0 Å². The van der Waals surface area contributed by atoms with Gasteiger partial charge >= 0.3 is 0 Å². The summed E-state index contributed by atoms with van der Waals surface area (Å²) in [6, 6.07) is 5.07. The lowest BCUT2D eigenvalue weighted by molar-refractivity contribution is 0.0958. The second-order valence-electron chi connectivity index (χ2n) is 5.75. The predicted octanol–water partition coefficient (Wildman–Crippen LogP) is 1.61. The van der Waals surface area contributed by atoms with Crippen LogP contribution in [0.15, 0.2) is 41.7 Å².